The zero-order chi connectivity index (χ0) is 16.8. The molecule has 1 N–H and O–H groups in total. The quantitative estimate of drug-likeness (QED) is 0.900. The highest BCUT2D eigenvalue weighted by Crippen LogP contribution is 2.20. The summed E-state index contributed by atoms with van der Waals surface area (Å²) in [6, 6.07) is 7.99. The highest BCUT2D eigenvalue weighted by Gasteiger charge is 2.27. The number of benzene rings is 1. The summed E-state index contributed by atoms with van der Waals surface area (Å²) < 4.78 is 11.1. The van der Waals surface area contributed by atoms with Gasteiger partial charge in [0.2, 0.25) is 0 Å². The summed E-state index contributed by atoms with van der Waals surface area (Å²) in [5.74, 6) is -0.0307. The standard InChI is InChI=1S/C19H28N2O3/c1-2-24-18-14-23-13-10-17(18)20-19(22)15-6-8-16(9-7-15)21-11-4-3-5-12-21/h6-9,17-18H,2-5,10-14H2,1H3,(H,20,22). The number of nitrogens with one attached hydrogen (secondary N) is 1. The molecule has 0 aromatic heterocycles. The summed E-state index contributed by atoms with van der Waals surface area (Å²) >= 11 is 0. The van der Waals surface area contributed by atoms with Crippen LogP contribution in [0.1, 0.15) is 43.0 Å². The number of carbonyl (C=O) groups is 1. The molecule has 2 saturated heterocycles. The van der Waals surface area contributed by atoms with E-state index < -0.39 is 0 Å². The molecule has 1 aromatic carbocycles. The van der Waals surface area contributed by atoms with E-state index in [9.17, 15) is 4.79 Å². The molecule has 2 unspecified atom stereocenters. The van der Waals surface area contributed by atoms with Crippen LogP contribution in [0.3, 0.4) is 0 Å². The van der Waals surface area contributed by atoms with E-state index in [1.54, 1.807) is 0 Å². The number of carbonyl (C=O) groups excluding carboxylic acids is 1. The van der Waals surface area contributed by atoms with Gasteiger partial charge in [-0.1, -0.05) is 0 Å². The third-order valence-electron chi connectivity index (χ3n) is 4.85. The molecule has 0 saturated carbocycles. The number of nitrogens with zero attached hydrogens (tertiary/aromatic N) is 1. The fourth-order valence-electron chi connectivity index (χ4n) is 3.48. The van der Waals surface area contributed by atoms with Gasteiger partial charge < -0.3 is 19.7 Å². The smallest absolute Gasteiger partial charge is 0.251 e. The molecule has 5 nitrogen and oxygen atoms in total. The Morgan fingerprint density at radius 1 is 1.25 bits per heavy atom. The van der Waals surface area contributed by atoms with Crippen LogP contribution < -0.4 is 10.2 Å². The lowest BCUT2D eigenvalue weighted by atomic mass is 10.0. The summed E-state index contributed by atoms with van der Waals surface area (Å²) in [7, 11) is 0. The molecule has 24 heavy (non-hydrogen) atoms. The maximum Gasteiger partial charge on any atom is 0.251 e. The van der Waals surface area contributed by atoms with Crippen LogP contribution in [0, 0.1) is 0 Å². The average Bonchev–Trinajstić information content (AvgIpc) is 2.64. The number of anilines is 1. The first kappa shape index (κ1) is 17.2. The molecule has 5 heteroatoms. The molecule has 2 heterocycles. The number of ether oxygens (including phenoxy) is 2. The molecule has 2 atom stereocenters. The van der Waals surface area contributed by atoms with E-state index in [4.69, 9.17) is 9.47 Å². The Morgan fingerprint density at radius 2 is 2.00 bits per heavy atom. The summed E-state index contributed by atoms with van der Waals surface area (Å²) in [5, 5.41) is 3.11. The first-order chi connectivity index (χ1) is 11.8. The Bertz CT molecular complexity index is 524. The second kappa shape index (κ2) is 8.49. The average molecular weight is 332 g/mol. The van der Waals surface area contributed by atoms with E-state index in [-0.39, 0.29) is 18.1 Å². The van der Waals surface area contributed by atoms with E-state index in [0.29, 0.717) is 25.4 Å². The lowest BCUT2D eigenvalue weighted by Crippen LogP contribution is -2.50. The second-order valence-corrected chi connectivity index (χ2v) is 6.53. The van der Waals surface area contributed by atoms with Crippen molar-refractivity contribution in [1.82, 2.24) is 5.32 Å². The monoisotopic (exact) mass is 332 g/mol. The number of rotatable bonds is 5. The van der Waals surface area contributed by atoms with Crippen LogP contribution in [0.2, 0.25) is 0 Å². The van der Waals surface area contributed by atoms with E-state index in [1.165, 1.54) is 24.9 Å². The third-order valence-corrected chi connectivity index (χ3v) is 4.85. The summed E-state index contributed by atoms with van der Waals surface area (Å²) in [5.41, 5.74) is 1.92. The van der Waals surface area contributed by atoms with Crippen molar-refractivity contribution < 1.29 is 14.3 Å². The SMILES string of the molecule is CCOC1COCCC1NC(=O)c1ccc(N2CCCCC2)cc1. The van der Waals surface area contributed by atoms with Crippen LogP contribution >= 0.6 is 0 Å². The van der Waals surface area contributed by atoms with Gasteiger partial charge in [0.25, 0.3) is 5.91 Å². The van der Waals surface area contributed by atoms with E-state index >= 15 is 0 Å². The van der Waals surface area contributed by atoms with Gasteiger partial charge in [-0.3, -0.25) is 4.79 Å². The van der Waals surface area contributed by atoms with Crippen molar-refractivity contribution in [3.05, 3.63) is 29.8 Å². The maximum atomic E-state index is 12.5. The van der Waals surface area contributed by atoms with Gasteiger partial charge in [-0.05, 0) is 56.9 Å². The molecule has 132 valence electrons. The van der Waals surface area contributed by atoms with Crippen molar-refractivity contribution in [2.24, 2.45) is 0 Å². The molecule has 0 aliphatic carbocycles. The molecule has 3 rings (SSSR count). The summed E-state index contributed by atoms with van der Waals surface area (Å²) in [4.78, 5) is 14.9. The van der Waals surface area contributed by atoms with Gasteiger partial charge in [-0.15, -0.1) is 0 Å². The van der Waals surface area contributed by atoms with Crippen molar-refractivity contribution in [3.8, 4) is 0 Å². The van der Waals surface area contributed by atoms with E-state index in [1.807, 2.05) is 19.1 Å². The van der Waals surface area contributed by atoms with Gasteiger partial charge >= 0.3 is 0 Å². The summed E-state index contributed by atoms with van der Waals surface area (Å²) in [6.07, 6.45) is 4.57. The number of hydrogen-bond acceptors (Lipinski definition) is 4. The first-order valence-electron chi connectivity index (χ1n) is 9.13. The fraction of sp³-hybridized carbons (Fsp3) is 0.632. The van der Waals surface area contributed by atoms with Crippen molar-refractivity contribution in [1.29, 1.82) is 0 Å². The van der Waals surface area contributed by atoms with E-state index in [0.717, 1.165) is 19.5 Å². The third kappa shape index (κ3) is 4.28. The van der Waals surface area contributed by atoms with E-state index in [2.05, 4.69) is 22.3 Å². The Balaban J connectivity index is 1.59. The first-order valence-corrected chi connectivity index (χ1v) is 9.13. The molecule has 2 fully saturated rings. The van der Waals surface area contributed by atoms with Crippen molar-refractivity contribution >= 4 is 11.6 Å². The van der Waals surface area contributed by atoms with Gasteiger partial charge in [-0.25, -0.2) is 0 Å². The predicted molar refractivity (Wildman–Crippen MR) is 94.6 cm³/mol. The minimum Gasteiger partial charge on any atom is -0.379 e. The Hall–Kier alpha value is -1.59. The topological polar surface area (TPSA) is 50.8 Å². The minimum atomic E-state index is -0.0553. The van der Waals surface area contributed by atoms with Gasteiger partial charge in [0.05, 0.1) is 12.6 Å². The van der Waals surface area contributed by atoms with Gasteiger partial charge in [0.1, 0.15) is 6.10 Å². The normalized spacial score (nSPS) is 24.6. The van der Waals surface area contributed by atoms with Gasteiger partial charge in [0, 0.05) is 37.6 Å². The van der Waals surface area contributed by atoms with Crippen molar-refractivity contribution in [2.45, 2.75) is 44.8 Å². The number of piperidine rings is 1. The molecule has 0 bridgehead atoms. The Kier molecular flexibility index (Phi) is 6.10. The maximum absolute atomic E-state index is 12.5. The zero-order valence-corrected chi connectivity index (χ0v) is 14.5. The van der Waals surface area contributed by atoms with Crippen LogP contribution in [-0.2, 0) is 9.47 Å². The van der Waals surface area contributed by atoms with Gasteiger partial charge in [-0.2, -0.15) is 0 Å². The molecule has 1 amide bonds. The number of hydrogen-bond donors (Lipinski definition) is 1. The second-order valence-electron chi connectivity index (χ2n) is 6.53. The highest BCUT2D eigenvalue weighted by atomic mass is 16.5. The molecule has 2 aliphatic rings. The highest BCUT2D eigenvalue weighted by molar-refractivity contribution is 5.94. The lowest BCUT2D eigenvalue weighted by molar-refractivity contribution is -0.0632. The minimum absolute atomic E-state index is 0.0213. The molecule has 0 radical (unpaired) electrons. The predicted octanol–water partition coefficient (Wildman–Crippen LogP) is 2.60. The van der Waals surface area contributed by atoms with Crippen LogP contribution in [0.15, 0.2) is 24.3 Å². The van der Waals surface area contributed by atoms with Crippen LogP contribution in [-0.4, -0.2) is 51.0 Å². The van der Waals surface area contributed by atoms with Crippen LogP contribution in [0.4, 0.5) is 5.69 Å². The zero-order valence-electron chi connectivity index (χ0n) is 14.5. The molecular formula is C19H28N2O3. The van der Waals surface area contributed by atoms with Crippen molar-refractivity contribution in [3.63, 3.8) is 0 Å². The molecule has 0 spiro atoms. The van der Waals surface area contributed by atoms with Crippen molar-refractivity contribution in [2.75, 3.05) is 37.8 Å². The Morgan fingerprint density at radius 3 is 2.71 bits per heavy atom. The lowest BCUT2D eigenvalue weighted by Gasteiger charge is -2.32. The van der Waals surface area contributed by atoms with Crippen LogP contribution in [0.25, 0.3) is 0 Å². The van der Waals surface area contributed by atoms with Gasteiger partial charge in [0.15, 0.2) is 0 Å². The number of amides is 1. The molecule has 1 aromatic rings. The summed E-state index contributed by atoms with van der Waals surface area (Å²) in [6.45, 7) is 6.04. The molecular weight excluding hydrogens is 304 g/mol. The molecule has 2 aliphatic heterocycles. The van der Waals surface area contributed by atoms with Crippen LogP contribution in [0.5, 0.6) is 0 Å². The fourth-order valence-corrected chi connectivity index (χ4v) is 3.48. The largest absolute Gasteiger partial charge is 0.379 e. The Labute approximate surface area is 144 Å².